The van der Waals surface area contributed by atoms with Gasteiger partial charge in [-0.25, -0.2) is 9.97 Å². The van der Waals surface area contributed by atoms with Gasteiger partial charge in [-0.2, -0.15) is 0 Å². The molecule has 1 aliphatic heterocycles. The van der Waals surface area contributed by atoms with Crippen LogP contribution in [0.4, 0.5) is 5.82 Å². The minimum atomic E-state index is 0.910. The molecule has 4 nitrogen and oxygen atoms in total. The number of rotatable bonds is 4. The molecule has 6 heteroatoms. The van der Waals surface area contributed by atoms with Crippen LogP contribution in [0.1, 0.15) is 28.8 Å². The lowest BCUT2D eigenvalue weighted by Gasteiger charge is -2.36. The van der Waals surface area contributed by atoms with Crippen molar-refractivity contribution in [3.05, 3.63) is 46.3 Å². The van der Waals surface area contributed by atoms with Gasteiger partial charge >= 0.3 is 0 Å². The van der Waals surface area contributed by atoms with Gasteiger partial charge < -0.3 is 4.90 Å². The van der Waals surface area contributed by atoms with Crippen molar-refractivity contribution in [3.63, 3.8) is 0 Å². The number of thioether (sulfide) groups is 1. The lowest BCUT2D eigenvalue weighted by Crippen LogP contribution is -2.46. The van der Waals surface area contributed by atoms with Gasteiger partial charge in [0.25, 0.3) is 0 Å². The van der Waals surface area contributed by atoms with Crippen molar-refractivity contribution in [3.8, 4) is 0 Å². The van der Waals surface area contributed by atoms with Crippen molar-refractivity contribution in [1.29, 1.82) is 0 Å². The van der Waals surface area contributed by atoms with Gasteiger partial charge in [-0.3, -0.25) is 4.90 Å². The van der Waals surface area contributed by atoms with Crippen LogP contribution in [0.5, 0.6) is 0 Å². The SMILES string of the molecule is CSc1nc(N2CCN(Cc3ccccc3)CC2)c2c3c(sc2n1)CCCC3. The Bertz CT molecular complexity index is 962. The molecule has 2 aliphatic rings. The van der Waals surface area contributed by atoms with Crippen LogP contribution >= 0.6 is 23.1 Å². The predicted molar refractivity (Wildman–Crippen MR) is 120 cm³/mol. The molecule has 28 heavy (non-hydrogen) atoms. The molecule has 3 heterocycles. The monoisotopic (exact) mass is 410 g/mol. The summed E-state index contributed by atoms with van der Waals surface area (Å²) in [6.45, 7) is 5.29. The number of hydrogen-bond donors (Lipinski definition) is 0. The summed E-state index contributed by atoms with van der Waals surface area (Å²) in [6.07, 6.45) is 7.10. The zero-order valence-electron chi connectivity index (χ0n) is 16.4. The average molecular weight is 411 g/mol. The summed E-state index contributed by atoms with van der Waals surface area (Å²) in [5.41, 5.74) is 2.94. The molecule has 0 atom stereocenters. The van der Waals surface area contributed by atoms with Gasteiger partial charge in [0.05, 0.1) is 5.39 Å². The quantitative estimate of drug-likeness (QED) is 0.463. The third-order valence-corrected chi connectivity index (χ3v) is 7.61. The maximum absolute atomic E-state index is 5.00. The summed E-state index contributed by atoms with van der Waals surface area (Å²) in [6, 6.07) is 10.8. The number of hydrogen-bond acceptors (Lipinski definition) is 6. The smallest absolute Gasteiger partial charge is 0.190 e. The molecule has 1 aromatic carbocycles. The Balaban J connectivity index is 1.41. The van der Waals surface area contributed by atoms with Crippen LogP contribution in [0.2, 0.25) is 0 Å². The second-order valence-electron chi connectivity index (χ2n) is 7.67. The highest BCUT2D eigenvalue weighted by atomic mass is 32.2. The Morgan fingerprint density at radius 2 is 1.79 bits per heavy atom. The first kappa shape index (κ1) is 18.4. The highest BCUT2D eigenvalue weighted by Gasteiger charge is 2.26. The van der Waals surface area contributed by atoms with E-state index in [0.717, 1.165) is 37.9 Å². The number of fused-ring (bicyclic) bond motifs is 3. The van der Waals surface area contributed by atoms with E-state index in [0.29, 0.717) is 0 Å². The van der Waals surface area contributed by atoms with Crippen molar-refractivity contribution < 1.29 is 0 Å². The zero-order chi connectivity index (χ0) is 18.9. The Kier molecular flexibility index (Phi) is 5.26. The third-order valence-electron chi connectivity index (χ3n) is 5.88. The van der Waals surface area contributed by atoms with Crippen LogP contribution in [0.3, 0.4) is 0 Å². The maximum Gasteiger partial charge on any atom is 0.190 e. The van der Waals surface area contributed by atoms with Crippen LogP contribution in [0.25, 0.3) is 10.2 Å². The van der Waals surface area contributed by atoms with E-state index in [1.807, 2.05) is 11.3 Å². The second kappa shape index (κ2) is 8.01. The molecule has 0 spiro atoms. The zero-order valence-corrected chi connectivity index (χ0v) is 18.0. The molecular formula is C22H26N4S2. The fourth-order valence-electron chi connectivity index (χ4n) is 4.40. The fraction of sp³-hybridized carbons (Fsp3) is 0.455. The van der Waals surface area contributed by atoms with Crippen LogP contribution in [0, 0.1) is 0 Å². The minimum absolute atomic E-state index is 0.910. The van der Waals surface area contributed by atoms with Crippen molar-refractivity contribution >= 4 is 39.1 Å². The number of benzene rings is 1. The Labute approximate surface area is 175 Å². The number of piperazine rings is 1. The van der Waals surface area contributed by atoms with Crippen LogP contribution in [-0.2, 0) is 19.4 Å². The summed E-state index contributed by atoms with van der Waals surface area (Å²) in [4.78, 5) is 17.7. The van der Waals surface area contributed by atoms with Gasteiger partial charge in [0.15, 0.2) is 5.16 Å². The van der Waals surface area contributed by atoms with Crippen molar-refractivity contribution in [1.82, 2.24) is 14.9 Å². The summed E-state index contributed by atoms with van der Waals surface area (Å²) in [5, 5.41) is 2.27. The Morgan fingerprint density at radius 3 is 2.57 bits per heavy atom. The lowest BCUT2D eigenvalue weighted by atomic mass is 9.97. The first-order valence-electron chi connectivity index (χ1n) is 10.2. The normalized spacial score (nSPS) is 17.8. The molecule has 0 bridgehead atoms. The molecule has 0 unspecified atom stereocenters. The fourth-order valence-corrected chi connectivity index (χ4v) is 6.07. The summed E-state index contributed by atoms with van der Waals surface area (Å²) in [5.74, 6) is 1.19. The average Bonchev–Trinajstić information content (AvgIpc) is 3.13. The lowest BCUT2D eigenvalue weighted by molar-refractivity contribution is 0.249. The Morgan fingerprint density at radius 1 is 1.00 bits per heavy atom. The second-order valence-corrected chi connectivity index (χ2v) is 9.53. The van der Waals surface area contributed by atoms with Gasteiger partial charge in [-0.1, -0.05) is 42.1 Å². The van der Waals surface area contributed by atoms with Crippen LogP contribution in [0.15, 0.2) is 35.5 Å². The van der Waals surface area contributed by atoms with Gasteiger partial charge in [-0.15, -0.1) is 11.3 Å². The molecule has 1 fully saturated rings. The first-order chi connectivity index (χ1) is 13.8. The molecule has 0 N–H and O–H groups in total. The molecule has 1 aliphatic carbocycles. The number of anilines is 1. The number of thiophene rings is 1. The van der Waals surface area contributed by atoms with E-state index in [4.69, 9.17) is 9.97 Å². The van der Waals surface area contributed by atoms with E-state index in [2.05, 4.69) is 46.4 Å². The molecule has 5 rings (SSSR count). The molecule has 0 saturated carbocycles. The highest BCUT2D eigenvalue weighted by Crippen LogP contribution is 2.40. The minimum Gasteiger partial charge on any atom is -0.353 e. The highest BCUT2D eigenvalue weighted by molar-refractivity contribution is 7.98. The number of aryl methyl sites for hydroxylation is 2. The molecule has 1 saturated heterocycles. The maximum atomic E-state index is 5.00. The standard InChI is InChI=1S/C22H26N4S2/c1-27-22-23-20(19-17-9-5-6-10-18(17)28-21(19)24-22)26-13-11-25(12-14-26)15-16-7-3-2-4-8-16/h2-4,7-8H,5-6,9-15H2,1H3. The van der Waals surface area contributed by atoms with Crippen LogP contribution < -0.4 is 4.90 Å². The van der Waals surface area contributed by atoms with E-state index in [9.17, 15) is 0 Å². The first-order valence-corrected chi connectivity index (χ1v) is 12.2. The van der Waals surface area contributed by atoms with E-state index in [-0.39, 0.29) is 0 Å². The molecule has 2 aromatic heterocycles. The van der Waals surface area contributed by atoms with Crippen molar-refractivity contribution in [2.24, 2.45) is 0 Å². The van der Waals surface area contributed by atoms with E-state index >= 15 is 0 Å². The van der Waals surface area contributed by atoms with E-state index < -0.39 is 0 Å². The van der Waals surface area contributed by atoms with Gasteiger partial charge in [-0.05, 0) is 43.1 Å². The van der Waals surface area contributed by atoms with Crippen molar-refractivity contribution in [2.45, 2.75) is 37.4 Å². The van der Waals surface area contributed by atoms with Crippen LogP contribution in [-0.4, -0.2) is 47.3 Å². The molecule has 0 radical (unpaired) electrons. The van der Waals surface area contributed by atoms with E-state index in [1.54, 1.807) is 22.2 Å². The summed E-state index contributed by atoms with van der Waals surface area (Å²) < 4.78 is 0. The van der Waals surface area contributed by atoms with Gasteiger partial charge in [0.2, 0.25) is 0 Å². The molecule has 0 amide bonds. The summed E-state index contributed by atoms with van der Waals surface area (Å²) >= 11 is 3.57. The van der Waals surface area contributed by atoms with Gasteiger partial charge in [0, 0.05) is 37.6 Å². The largest absolute Gasteiger partial charge is 0.353 e. The van der Waals surface area contributed by atoms with Gasteiger partial charge in [0.1, 0.15) is 10.6 Å². The number of nitrogens with zero attached hydrogens (tertiary/aromatic N) is 4. The molecular weight excluding hydrogens is 384 g/mol. The molecule has 3 aromatic rings. The number of aromatic nitrogens is 2. The van der Waals surface area contributed by atoms with Crippen molar-refractivity contribution in [2.75, 3.05) is 37.3 Å². The third kappa shape index (κ3) is 3.53. The Hall–Kier alpha value is -1.63. The predicted octanol–water partition coefficient (Wildman–Crippen LogP) is 4.61. The van der Waals surface area contributed by atoms with E-state index in [1.165, 1.54) is 47.3 Å². The molecule has 146 valence electrons. The topological polar surface area (TPSA) is 32.3 Å². The summed E-state index contributed by atoms with van der Waals surface area (Å²) in [7, 11) is 0.